The van der Waals surface area contributed by atoms with Crippen LogP contribution in [0.5, 0.6) is 0 Å². The number of aliphatic hydroxyl groups is 1. The van der Waals surface area contributed by atoms with E-state index in [4.69, 9.17) is 14.2 Å². The van der Waals surface area contributed by atoms with Gasteiger partial charge in [-0.2, -0.15) is 5.26 Å². The molecule has 3 atom stereocenters. The van der Waals surface area contributed by atoms with Gasteiger partial charge in [-0.05, 0) is 41.5 Å². The quantitative estimate of drug-likeness (QED) is 0.193. The van der Waals surface area contributed by atoms with Crippen molar-refractivity contribution in [3.05, 3.63) is 25.0 Å². The molecule has 32 heavy (non-hydrogen) atoms. The van der Waals surface area contributed by atoms with Crippen molar-refractivity contribution in [1.29, 1.82) is 5.26 Å². The van der Waals surface area contributed by atoms with E-state index in [2.05, 4.69) is 13.2 Å². The molecule has 0 fully saturated rings. The van der Waals surface area contributed by atoms with Gasteiger partial charge in [0.1, 0.15) is 19.3 Å². The summed E-state index contributed by atoms with van der Waals surface area (Å²) in [6.07, 6.45) is -0.559. The molecule has 0 saturated carbocycles. The average Bonchev–Trinajstić information content (AvgIpc) is 2.69. The number of hydrogen-bond donors (Lipinski definition) is 2. The number of carbonyl (C=O) groups is 4. The van der Waals surface area contributed by atoms with Gasteiger partial charge in [0.25, 0.3) is 0 Å². The monoisotopic (exact) mass is 453 g/mol. The van der Waals surface area contributed by atoms with Crippen molar-refractivity contribution in [2.24, 2.45) is 22.2 Å². The molecule has 0 radical (unpaired) electrons. The average molecular weight is 453 g/mol. The first kappa shape index (κ1) is 28.8. The van der Waals surface area contributed by atoms with Crippen molar-refractivity contribution < 1.29 is 43.6 Å². The van der Waals surface area contributed by atoms with Gasteiger partial charge in [-0.25, -0.2) is 4.79 Å². The highest BCUT2D eigenvalue weighted by atomic mass is 16.6. The second-order valence-electron chi connectivity index (χ2n) is 8.62. The largest absolute Gasteiger partial charge is 0.481 e. The number of aliphatic carboxylic acids is 1. The van der Waals surface area contributed by atoms with Gasteiger partial charge < -0.3 is 24.4 Å². The summed E-state index contributed by atoms with van der Waals surface area (Å²) in [6, 6.07) is 1.83. The predicted octanol–water partition coefficient (Wildman–Crippen LogP) is 1.98. The Morgan fingerprint density at radius 1 is 1.06 bits per heavy atom. The summed E-state index contributed by atoms with van der Waals surface area (Å²) in [7, 11) is 0. The Bertz CT molecular complexity index is 822. The molecule has 0 amide bonds. The number of carboxylic acids is 1. The fourth-order valence-corrected chi connectivity index (χ4v) is 2.98. The number of carboxylic acid groups (broad SMARTS) is 1. The number of rotatable bonds is 12. The zero-order chi connectivity index (χ0) is 25.5. The van der Waals surface area contributed by atoms with Crippen LogP contribution in [-0.2, 0) is 33.4 Å². The highest BCUT2D eigenvalue weighted by Crippen LogP contribution is 2.52. The Hall–Kier alpha value is -3.19. The molecule has 0 heterocycles. The maximum Gasteiger partial charge on any atom is 0.333 e. The molecule has 0 saturated heterocycles. The first-order chi connectivity index (χ1) is 14.5. The number of aliphatic hydroxyl groups excluding tert-OH is 1. The van der Waals surface area contributed by atoms with Crippen LogP contribution < -0.4 is 0 Å². The van der Waals surface area contributed by atoms with Crippen molar-refractivity contribution in [3.63, 3.8) is 0 Å². The van der Waals surface area contributed by atoms with Crippen LogP contribution in [0, 0.1) is 33.5 Å². The third kappa shape index (κ3) is 5.95. The summed E-state index contributed by atoms with van der Waals surface area (Å²) < 4.78 is 14.8. The summed E-state index contributed by atoms with van der Waals surface area (Å²) in [4.78, 5) is 49.1. The second kappa shape index (κ2) is 10.9. The molecule has 10 nitrogen and oxygen atoms in total. The SMILES string of the molecule is C=COC(=O)C(C)(C(C#N)C(C)(C)C(=O)O)C(C)(C)C(=O)OCC(O)COC(=O)C(=C)C. The molecule has 10 heteroatoms. The van der Waals surface area contributed by atoms with Gasteiger partial charge in [-0.3, -0.25) is 14.4 Å². The van der Waals surface area contributed by atoms with Crippen molar-refractivity contribution >= 4 is 23.9 Å². The van der Waals surface area contributed by atoms with Crippen LogP contribution in [0.15, 0.2) is 25.0 Å². The van der Waals surface area contributed by atoms with E-state index < -0.39 is 65.4 Å². The summed E-state index contributed by atoms with van der Waals surface area (Å²) in [5.41, 5.74) is -5.41. The molecule has 0 bridgehead atoms. The van der Waals surface area contributed by atoms with Crippen LogP contribution in [0.25, 0.3) is 0 Å². The fraction of sp³-hybridized carbons (Fsp3) is 0.591. The Morgan fingerprint density at radius 2 is 1.56 bits per heavy atom. The van der Waals surface area contributed by atoms with E-state index in [0.717, 1.165) is 6.26 Å². The molecule has 0 aromatic rings. The highest BCUT2D eigenvalue weighted by Gasteiger charge is 2.63. The van der Waals surface area contributed by atoms with E-state index in [1.165, 1.54) is 41.5 Å². The molecule has 0 aromatic heterocycles. The van der Waals surface area contributed by atoms with Crippen LogP contribution in [-0.4, -0.2) is 53.4 Å². The molecule has 0 rings (SSSR count). The second-order valence-corrected chi connectivity index (χ2v) is 8.62. The minimum absolute atomic E-state index is 0.121. The van der Waals surface area contributed by atoms with Crippen LogP contribution in [0.1, 0.15) is 41.5 Å². The Morgan fingerprint density at radius 3 is 1.97 bits per heavy atom. The van der Waals surface area contributed by atoms with Crippen molar-refractivity contribution in [2.75, 3.05) is 13.2 Å². The normalized spacial score (nSPS) is 15.2. The topological polar surface area (TPSA) is 160 Å². The Labute approximate surface area is 187 Å². The molecule has 3 unspecified atom stereocenters. The van der Waals surface area contributed by atoms with Crippen molar-refractivity contribution in [1.82, 2.24) is 0 Å². The smallest absolute Gasteiger partial charge is 0.333 e. The summed E-state index contributed by atoms with van der Waals surface area (Å²) in [6.45, 7) is 13.4. The number of esters is 3. The fourth-order valence-electron chi connectivity index (χ4n) is 2.98. The molecular weight excluding hydrogens is 422 g/mol. The third-order valence-electron chi connectivity index (χ3n) is 5.56. The van der Waals surface area contributed by atoms with Crippen molar-refractivity contribution in [2.45, 2.75) is 47.6 Å². The van der Waals surface area contributed by atoms with Crippen molar-refractivity contribution in [3.8, 4) is 6.07 Å². The molecule has 0 aliphatic rings. The number of ether oxygens (including phenoxy) is 3. The van der Waals surface area contributed by atoms with Gasteiger partial charge >= 0.3 is 23.9 Å². The Balaban J connectivity index is 5.92. The lowest BCUT2D eigenvalue weighted by Crippen LogP contribution is -2.57. The van der Waals surface area contributed by atoms with Crippen LogP contribution in [0.4, 0.5) is 0 Å². The zero-order valence-electron chi connectivity index (χ0n) is 19.3. The van der Waals surface area contributed by atoms with E-state index in [-0.39, 0.29) is 5.57 Å². The van der Waals surface area contributed by atoms with Gasteiger partial charge in [-0.15, -0.1) is 0 Å². The number of nitriles is 1. The van der Waals surface area contributed by atoms with Gasteiger partial charge in [0.2, 0.25) is 0 Å². The standard InChI is InChI=1S/C22H31NO9/c1-9-30-19(29)22(8,15(10-23)20(4,5)17(26)27)21(6,7)18(28)32-12-14(24)11-31-16(25)13(2)3/h9,14-15,24H,1-2,11-12H2,3-8H3,(H,26,27). The van der Waals surface area contributed by atoms with E-state index in [9.17, 15) is 34.7 Å². The Kier molecular flexibility index (Phi) is 9.82. The van der Waals surface area contributed by atoms with Gasteiger partial charge in [0.15, 0.2) is 0 Å². The maximum absolute atomic E-state index is 12.9. The molecule has 178 valence electrons. The molecule has 0 aliphatic carbocycles. The minimum atomic E-state index is -1.99. The number of carbonyl (C=O) groups excluding carboxylic acids is 3. The van der Waals surface area contributed by atoms with Crippen LogP contribution in [0.3, 0.4) is 0 Å². The first-order valence-electron chi connectivity index (χ1n) is 9.64. The third-order valence-corrected chi connectivity index (χ3v) is 5.56. The van der Waals surface area contributed by atoms with Gasteiger partial charge in [0.05, 0.1) is 34.5 Å². The summed E-state index contributed by atoms with van der Waals surface area (Å²) in [5.74, 6) is -5.67. The lowest BCUT2D eigenvalue weighted by Gasteiger charge is -2.46. The first-order valence-corrected chi connectivity index (χ1v) is 9.64. The summed E-state index contributed by atoms with van der Waals surface area (Å²) in [5, 5.41) is 29.3. The maximum atomic E-state index is 12.9. The molecular formula is C22H31NO9. The van der Waals surface area contributed by atoms with E-state index in [0.29, 0.717) is 0 Å². The van der Waals surface area contributed by atoms with Gasteiger partial charge in [-0.1, -0.05) is 13.2 Å². The number of hydrogen-bond acceptors (Lipinski definition) is 9. The predicted molar refractivity (Wildman–Crippen MR) is 111 cm³/mol. The molecule has 2 N–H and O–H groups in total. The molecule has 0 aliphatic heterocycles. The minimum Gasteiger partial charge on any atom is -0.481 e. The molecule has 0 aromatic carbocycles. The number of nitrogens with zero attached hydrogens (tertiary/aromatic N) is 1. The van der Waals surface area contributed by atoms with E-state index in [1.54, 1.807) is 0 Å². The van der Waals surface area contributed by atoms with Gasteiger partial charge in [0, 0.05) is 5.57 Å². The van der Waals surface area contributed by atoms with E-state index >= 15 is 0 Å². The summed E-state index contributed by atoms with van der Waals surface area (Å²) >= 11 is 0. The zero-order valence-corrected chi connectivity index (χ0v) is 19.3. The van der Waals surface area contributed by atoms with Crippen LogP contribution >= 0.6 is 0 Å². The molecule has 0 spiro atoms. The lowest BCUT2D eigenvalue weighted by molar-refractivity contribution is -0.185. The lowest BCUT2D eigenvalue weighted by atomic mass is 9.54. The van der Waals surface area contributed by atoms with Crippen LogP contribution in [0.2, 0.25) is 0 Å². The van der Waals surface area contributed by atoms with E-state index in [1.807, 2.05) is 6.07 Å². The highest BCUT2D eigenvalue weighted by molar-refractivity contribution is 5.90.